The van der Waals surface area contributed by atoms with E-state index in [1.54, 1.807) is 0 Å². The van der Waals surface area contributed by atoms with Gasteiger partial charge in [-0.3, -0.25) is 4.68 Å². The van der Waals surface area contributed by atoms with Crippen molar-refractivity contribution in [3.63, 3.8) is 0 Å². The van der Waals surface area contributed by atoms with Gasteiger partial charge in [0, 0.05) is 20.4 Å². The highest BCUT2D eigenvalue weighted by molar-refractivity contribution is 5.04. The lowest BCUT2D eigenvalue weighted by Gasteiger charge is -2.02. The van der Waals surface area contributed by atoms with Crippen molar-refractivity contribution in [2.75, 3.05) is 0 Å². The van der Waals surface area contributed by atoms with Crippen molar-refractivity contribution in [3.8, 4) is 0 Å². The minimum absolute atomic E-state index is 0. The molecule has 1 heterocycles. The van der Waals surface area contributed by atoms with Crippen molar-refractivity contribution < 1.29 is 1.43 Å². The fourth-order valence-corrected chi connectivity index (χ4v) is 0.950. The van der Waals surface area contributed by atoms with Gasteiger partial charge >= 0.3 is 0 Å². The maximum Gasteiger partial charge on any atom is 0.0492 e. The molecule has 18 heavy (non-hydrogen) atoms. The molecule has 0 saturated carbocycles. The summed E-state index contributed by atoms with van der Waals surface area (Å²) in [5.74, 6) is 1.41. The smallest absolute Gasteiger partial charge is 0.0492 e. The van der Waals surface area contributed by atoms with E-state index in [0.717, 1.165) is 5.92 Å². The largest absolute Gasteiger partial charge is 0.272 e. The lowest BCUT2D eigenvalue weighted by atomic mass is 10.1. The Labute approximate surface area is 118 Å². The summed E-state index contributed by atoms with van der Waals surface area (Å²) in [6.45, 7) is 18.8. The molecule has 1 rings (SSSR count). The van der Waals surface area contributed by atoms with Gasteiger partial charge < -0.3 is 0 Å². The van der Waals surface area contributed by atoms with Crippen LogP contribution in [0.5, 0.6) is 0 Å². The molecule has 0 N–H and O–H groups in total. The molecule has 1 aromatic rings. The van der Waals surface area contributed by atoms with Gasteiger partial charge in [0.25, 0.3) is 0 Å². The minimum atomic E-state index is 0. The van der Waals surface area contributed by atoms with Gasteiger partial charge in [-0.25, -0.2) is 0 Å². The number of aromatic nitrogens is 2. The van der Waals surface area contributed by atoms with Crippen LogP contribution >= 0.6 is 0 Å². The predicted octanol–water partition coefficient (Wildman–Crippen LogP) is 6.14. The molecule has 1 aromatic heterocycles. The van der Waals surface area contributed by atoms with Crippen molar-refractivity contribution in [2.24, 2.45) is 13.0 Å². The van der Waals surface area contributed by atoms with Gasteiger partial charge in [0.2, 0.25) is 0 Å². The first-order valence-corrected chi connectivity index (χ1v) is 6.93. The number of rotatable bonds is 1. The summed E-state index contributed by atoms with van der Waals surface area (Å²) < 4.78 is 1.91. The van der Waals surface area contributed by atoms with Crippen LogP contribution in [0.4, 0.5) is 0 Å². The van der Waals surface area contributed by atoms with E-state index in [4.69, 9.17) is 0 Å². The van der Waals surface area contributed by atoms with E-state index in [1.165, 1.54) is 5.69 Å². The zero-order valence-corrected chi connectivity index (χ0v) is 13.7. The summed E-state index contributed by atoms with van der Waals surface area (Å²) in [5.41, 5.74) is 1.29. The van der Waals surface area contributed by atoms with Crippen LogP contribution in [0.2, 0.25) is 0 Å². The molecule has 2 nitrogen and oxygen atoms in total. The van der Waals surface area contributed by atoms with Gasteiger partial charge in [-0.1, -0.05) is 69.7 Å². The summed E-state index contributed by atoms with van der Waals surface area (Å²) >= 11 is 0. The highest BCUT2D eigenvalue weighted by Gasteiger charge is 2.00. The Morgan fingerprint density at radius 1 is 1.00 bits per heavy atom. The van der Waals surface area contributed by atoms with Gasteiger partial charge in [-0.15, -0.1) is 0 Å². The maximum absolute atomic E-state index is 4.05. The third-order valence-electron chi connectivity index (χ3n) is 1.45. The van der Waals surface area contributed by atoms with Crippen molar-refractivity contribution in [1.82, 2.24) is 9.78 Å². The summed E-state index contributed by atoms with van der Waals surface area (Å²) in [4.78, 5) is 0. The fourth-order valence-electron chi connectivity index (χ4n) is 0.950. The van der Waals surface area contributed by atoms with Crippen LogP contribution in [0.3, 0.4) is 0 Å². The Balaban J connectivity index is -0.0000000568. The van der Waals surface area contributed by atoms with E-state index >= 15 is 0 Å². The first-order chi connectivity index (χ1) is 7.95. The molecule has 0 spiro atoms. The second-order valence-corrected chi connectivity index (χ2v) is 4.27. The van der Waals surface area contributed by atoms with Gasteiger partial charge in [-0.2, -0.15) is 5.10 Å². The monoisotopic (exact) mass is 261 g/mol. The molecule has 2 heteroatoms. The van der Waals surface area contributed by atoms with E-state index in [2.05, 4.69) is 39.7 Å². The molecule has 0 bridgehead atoms. The third kappa shape index (κ3) is 17.6. The van der Waals surface area contributed by atoms with Crippen LogP contribution in [0.25, 0.3) is 0 Å². The fraction of sp³-hybridized carbons (Fsp3) is 0.812. The molecule has 0 aromatic carbocycles. The first-order valence-electron chi connectivity index (χ1n) is 6.93. The molecular formula is C16H40N2. The quantitative estimate of drug-likeness (QED) is 0.593. The first kappa shape index (κ1) is 25.9. The topological polar surface area (TPSA) is 17.8 Å². The average molecular weight is 262 g/mol. The van der Waals surface area contributed by atoms with Crippen molar-refractivity contribution in [1.29, 1.82) is 0 Å². The summed E-state index contributed by atoms with van der Waals surface area (Å²) in [7, 11) is 1.97. The SMILES string of the molecule is C.CC.CC.CC(C)C.CC(C)c1ccnn1C.[2HH]. The Morgan fingerprint density at radius 3 is 1.44 bits per heavy atom. The molecule has 0 aliphatic rings. The average Bonchev–Trinajstić information content (AvgIpc) is 2.70. The third-order valence-corrected chi connectivity index (χ3v) is 1.45. The minimum Gasteiger partial charge on any atom is -0.272 e. The molecule has 0 aliphatic heterocycles. The van der Waals surface area contributed by atoms with Crippen LogP contribution in [0, 0.1) is 5.92 Å². The Bertz CT molecular complexity index is 228. The van der Waals surface area contributed by atoms with Crippen LogP contribution in [0.1, 0.15) is 82.8 Å². The van der Waals surface area contributed by atoms with Gasteiger partial charge in [0.1, 0.15) is 0 Å². The second kappa shape index (κ2) is 18.6. The van der Waals surface area contributed by atoms with Crippen molar-refractivity contribution >= 4 is 0 Å². The normalized spacial score (nSPS) is 8.00. The molecule has 0 amide bonds. The highest BCUT2D eigenvalue weighted by atomic mass is 15.3. The van der Waals surface area contributed by atoms with Crippen LogP contribution in [0.15, 0.2) is 12.3 Å². The van der Waals surface area contributed by atoms with Crippen LogP contribution < -0.4 is 0 Å². The zero-order chi connectivity index (χ0) is 14.4. The molecule has 0 aliphatic carbocycles. The molecule has 0 radical (unpaired) electrons. The van der Waals surface area contributed by atoms with E-state index in [-0.39, 0.29) is 8.85 Å². The van der Waals surface area contributed by atoms with E-state index < -0.39 is 0 Å². The van der Waals surface area contributed by atoms with E-state index in [1.807, 2.05) is 51.7 Å². The molecule has 114 valence electrons. The van der Waals surface area contributed by atoms with Crippen molar-refractivity contribution in [3.05, 3.63) is 18.0 Å². The second-order valence-electron chi connectivity index (χ2n) is 4.27. The number of hydrogen-bond donors (Lipinski definition) is 0. The molecule has 0 atom stereocenters. The summed E-state index contributed by atoms with van der Waals surface area (Å²) in [6, 6.07) is 2.05. The van der Waals surface area contributed by atoms with Crippen LogP contribution in [-0.4, -0.2) is 9.78 Å². The summed E-state index contributed by atoms with van der Waals surface area (Å²) in [5, 5.41) is 4.05. The van der Waals surface area contributed by atoms with Gasteiger partial charge in [0.05, 0.1) is 0 Å². The van der Waals surface area contributed by atoms with E-state index in [9.17, 15) is 0 Å². The Morgan fingerprint density at radius 2 is 1.33 bits per heavy atom. The lowest BCUT2D eigenvalue weighted by Crippen LogP contribution is -1.98. The van der Waals surface area contributed by atoms with Crippen molar-refractivity contribution in [2.45, 2.75) is 75.7 Å². The van der Waals surface area contributed by atoms with Crippen LogP contribution in [-0.2, 0) is 7.05 Å². The summed E-state index contributed by atoms with van der Waals surface area (Å²) in [6.07, 6.45) is 1.83. The zero-order valence-electron chi connectivity index (χ0n) is 13.7. The molecular weight excluding hydrogens is 220 g/mol. The molecule has 0 saturated heterocycles. The standard InChI is InChI=1S/C7H12N2.C4H10.2C2H6.CH4.H2/c1-6(2)7-4-5-8-9(7)3;1-4(2)3;2*1-2;;/h4-6H,1-3H3;4H,1-3H3;2*1-2H3;1H4;1H/i;;;;;1+1. The highest BCUT2D eigenvalue weighted by Crippen LogP contribution is 2.10. The number of aryl methyl sites for hydroxylation is 1. The maximum atomic E-state index is 4.05. The number of hydrogen-bond acceptors (Lipinski definition) is 1. The lowest BCUT2D eigenvalue weighted by molar-refractivity contribution is 0.669. The van der Waals surface area contributed by atoms with Gasteiger partial charge in [0.15, 0.2) is 0 Å². The molecule has 0 fully saturated rings. The molecule has 0 unspecified atom stereocenters. The predicted molar refractivity (Wildman–Crippen MR) is 89.4 cm³/mol. The Hall–Kier alpha value is -0.790. The van der Waals surface area contributed by atoms with Gasteiger partial charge in [-0.05, 0) is 17.9 Å². The number of nitrogens with zero attached hydrogens (tertiary/aromatic N) is 2. The van der Waals surface area contributed by atoms with E-state index in [0.29, 0.717) is 5.92 Å². The Kier molecular flexibility index (Phi) is 26.7.